The molecule has 2 heterocycles. The molecule has 2 fully saturated rings. The van der Waals surface area contributed by atoms with Gasteiger partial charge in [0.2, 0.25) is 0 Å². The molecule has 0 aromatic heterocycles. The minimum absolute atomic E-state index is 0.155. The second-order valence-electron chi connectivity index (χ2n) is 5.79. The van der Waals surface area contributed by atoms with E-state index in [2.05, 4.69) is 0 Å². The number of rotatable bonds is 3. The maximum atomic E-state index is 13.1. The van der Waals surface area contributed by atoms with E-state index in [-0.39, 0.29) is 11.9 Å². The van der Waals surface area contributed by atoms with Crippen molar-refractivity contribution in [2.24, 2.45) is 0 Å². The smallest absolute Gasteiger partial charge is 0.207 e. The van der Waals surface area contributed by atoms with Gasteiger partial charge in [-0.1, -0.05) is 18.6 Å². The molecule has 21 heavy (non-hydrogen) atoms. The first-order chi connectivity index (χ1) is 10.1. The van der Waals surface area contributed by atoms with Gasteiger partial charge >= 0.3 is 0 Å². The van der Waals surface area contributed by atoms with Crippen molar-refractivity contribution < 1.29 is 12.8 Å². The number of hydrogen-bond acceptors (Lipinski definition) is 2. The summed E-state index contributed by atoms with van der Waals surface area (Å²) in [5.74, 6) is -0.290. The fraction of sp³-hybridized carbons (Fsp3) is 0.600. The minimum atomic E-state index is -3.40. The maximum absolute atomic E-state index is 13.1. The van der Waals surface area contributed by atoms with Crippen LogP contribution in [0.15, 0.2) is 24.3 Å². The van der Waals surface area contributed by atoms with E-state index in [0.29, 0.717) is 19.6 Å². The van der Waals surface area contributed by atoms with Gasteiger partial charge in [-0.3, -0.25) is 0 Å². The summed E-state index contributed by atoms with van der Waals surface area (Å²) in [4.78, 5) is 0. The Morgan fingerprint density at radius 3 is 2.29 bits per heavy atom. The molecule has 1 unspecified atom stereocenters. The lowest BCUT2D eigenvalue weighted by molar-refractivity contribution is 0.296. The fourth-order valence-corrected chi connectivity index (χ4v) is 5.20. The van der Waals surface area contributed by atoms with Crippen LogP contribution in [-0.4, -0.2) is 36.7 Å². The third-order valence-electron chi connectivity index (χ3n) is 4.40. The Balaban J connectivity index is 1.84. The van der Waals surface area contributed by atoms with Crippen LogP contribution in [0.1, 0.15) is 43.7 Å². The molecule has 0 N–H and O–H groups in total. The molecule has 0 bridgehead atoms. The predicted molar refractivity (Wildman–Crippen MR) is 79.4 cm³/mol. The summed E-state index contributed by atoms with van der Waals surface area (Å²) >= 11 is 0. The third kappa shape index (κ3) is 2.98. The summed E-state index contributed by atoms with van der Waals surface area (Å²) in [7, 11) is -3.40. The van der Waals surface area contributed by atoms with Crippen molar-refractivity contribution in [3.8, 4) is 0 Å². The lowest BCUT2D eigenvalue weighted by Crippen LogP contribution is -2.45. The highest BCUT2D eigenvalue weighted by Gasteiger charge is 2.38. The zero-order valence-electron chi connectivity index (χ0n) is 12.0. The normalized spacial score (nSPS) is 25.3. The standard InChI is InChI=1S/C15H21FN2O2S/c16-14-8-6-13(7-9-14)15-5-4-12-18(15)21(19,20)17-10-2-1-3-11-17/h6-9,15H,1-5,10-12H2. The molecule has 2 aliphatic heterocycles. The molecule has 2 saturated heterocycles. The molecule has 1 aromatic carbocycles. The second-order valence-corrected chi connectivity index (χ2v) is 7.67. The monoisotopic (exact) mass is 312 g/mol. The van der Waals surface area contributed by atoms with Gasteiger partial charge in [0.15, 0.2) is 0 Å². The van der Waals surface area contributed by atoms with E-state index >= 15 is 0 Å². The van der Waals surface area contributed by atoms with Gasteiger partial charge in [0, 0.05) is 19.6 Å². The molecule has 3 rings (SSSR count). The van der Waals surface area contributed by atoms with E-state index in [9.17, 15) is 12.8 Å². The van der Waals surface area contributed by atoms with Crippen LogP contribution < -0.4 is 0 Å². The summed E-state index contributed by atoms with van der Waals surface area (Å²) in [6.07, 6.45) is 4.64. The molecule has 2 aliphatic rings. The third-order valence-corrected chi connectivity index (χ3v) is 6.44. The second kappa shape index (κ2) is 6.02. The zero-order chi connectivity index (χ0) is 14.9. The molecule has 0 aliphatic carbocycles. The van der Waals surface area contributed by atoms with Gasteiger partial charge in [-0.15, -0.1) is 0 Å². The average molecular weight is 312 g/mol. The van der Waals surface area contributed by atoms with Gasteiger partial charge in [0.1, 0.15) is 5.82 Å². The van der Waals surface area contributed by atoms with Gasteiger partial charge in [0.25, 0.3) is 10.2 Å². The van der Waals surface area contributed by atoms with Crippen LogP contribution in [-0.2, 0) is 10.2 Å². The summed E-state index contributed by atoms with van der Waals surface area (Å²) in [5, 5.41) is 0. The zero-order valence-corrected chi connectivity index (χ0v) is 12.9. The number of nitrogens with zero attached hydrogens (tertiary/aromatic N) is 2. The number of hydrogen-bond donors (Lipinski definition) is 0. The largest absolute Gasteiger partial charge is 0.282 e. The molecule has 1 aromatic rings. The molecule has 1 atom stereocenters. The van der Waals surface area contributed by atoms with Crippen molar-refractivity contribution in [2.75, 3.05) is 19.6 Å². The lowest BCUT2D eigenvalue weighted by atomic mass is 10.1. The summed E-state index contributed by atoms with van der Waals surface area (Å²) in [6.45, 7) is 1.80. The molecular formula is C15H21FN2O2S. The number of halogens is 1. The first-order valence-corrected chi connectivity index (χ1v) is 9.01. The first kappa shape index (κ1) is 14.9. The Morgan fingerprint density at radius 1 is 0.952 bits per heavy atom. The van der Waals surface area contributed by atoms with E-state index in [0.717, 1.165) is 37.7 Å². The molecule has 6 heteroatoms. The Hall–Kier alpha value is -0.980. The van der Waals surface area contributed by atoms with Crippen LogP contribution in [0.5, 0.6) is 0 Å². The van der Waals surface area contributed by atoms with Crippen LogP contribution >= 0.6 is 0 Å². The Labute approximate surface area is 125 Å². The predicted octanol–water partition coefficient (Wildman–Crippen LogP) is 2.69. The van der Waals surface area contributed by atoms with Crippen molar-refractivity contribution in [3.05, 3.63) is 35.6 Å². The van der Waals surface area contributed by atoms with E-state index < -0.39 is 10.2 Å². The van der Waals surface area contributed by atoms with E-state index in [1.807, 2.05) is 0 Å². The van der Waals surface area contributed by atoms with Crippen LogP contribution in [0.3, 0.4) is 0 Å². The molecule has 0 spiro atoms. The Bertz CT molecular complexity index is 582. The summed E-state index contributed by atoms with van der Waals surface area (Å²) in [6, 6.07) is 6.05. The minimum Gasteiger partial charge on any atom is -0.207 e. The van der Waals surface area contributed by atoms with Crippen LogP contribution in [0.2, 0.25) is 0 Å². The van der Waals surface area contributed by atoms with Crippen LogP contribution in [0.25, 0.3) is 0 Å². The van der Waals surface area contributed by atoms with Gasteiger partial charge < -0.3 is 0 Å². The van der Waals surface area contributed by atoms with Crippen molar-refractivity contribution >= 4 is 10.2 Å². The van der Waals surface area contributed by atoms with Gasteiger partial charge in [0.05, 0.1) is 6.04 Å². The van der Waals surface area contributed by atoms with Crippen LogP contribution in [0, 0.1) is 5.82 Å². The van der Waals surface area contributed by atoms with Crippen molar-refractivity contribution in [1.82, 2.24) is 8.61 Å². The summed E-state index contributed by atoms with van der Waals surface area (Å²) in [5.41, 5.74) is 0.884. The topological polar surface area (TPSA) is 40.6 Å². The summed E-state index contributed by atoms with van der Waals surface area (Å²) < 4.78 is 41.9. The lowest BCUT2D eigenvalue weighted by Gasteiger charge is -2.33. The fourth-order valence-electron chi connectivity index (χ4n) is 3.28. The molecule has 116 valence electrons. The maximum Gasteiger partial charge on any atom is 0.282 e. The number of piperidine rings is 1. The number of benzene rings is 1. The highest BCUT2D eigenvalue weighted by molar-refractivity contribution is 7.86. The van der Waals surface area contributed by atoms with E-state index in [4.69, 9.17) is 0 Å². The first-order valence-electron chi connectivity index (χ1n) is 7.61. The quantitative estimate of drug-likeness (QED) is 0.861. The van der Waals surface area contributed by atoms with Crippen molar-refractivity contribution in [2.45, 2.75) is 38.1 Å². The van der Waals surface area contributed by atoms with Gasteiger partial charge in [-0.25, -0.2) is 4.39 Å². The SMILES string of the molecule is O=S(=O)(N1CCCCC1)N1CCCC1c1ccc(F)cc1. The van der Waals surface area contributed by atoms with Crippen LogP contribution in [0.4, 0.5) is 4.39 Å². The van der Waals surface area contributed by atoms with Crippen molar-refractivity contribution in [3.63, 3.8) is 0 Å². The molecule has 4 nitrogen and oxygen atoms in total. The Morgan fingerprint density at radius 2 is 1.62 bits per heavy atom. The van der Waals surface area contributed by atoms with Gasteiger partial charge in [-0.2, -0.15) is 17.0 Å². The average Bonchev–Trinajstić information content (AvgIpc) is 2.99. The Kier molecular flexibility index (Phi) is 4.28. The van der Waals surface area contributed by atoms with E-state index in [1.54, 1.807) is 20.7 Å². The van der Waals surface area contributed by atoms with Gasteiger partial charge in [-0.05, 0) is 43.4 Å². The van der Waals surface area contributed by atoms with E-state index in [1.165, 1.54) is 12.1 Å². The van der Waals surface area contributed by atoms with Crippen molar-refractivity contribution in [1.29, 1.82) is 0 Å². The molecule has 0 amide bonds. The molecule has 0 saturated carbocycles. The molecular weight excluding hydrogens is 291 g/mol. The molecule has 0 radical (unpaired) electrons. The highest BCUT2D eigenvalue weighted by atomic mass is 32.2. The highest BCUT2D eigenvalue weighted by Crippen LogP contribution is 2.35.